The number of aryl methyl sites for hydroxylation is 1. The molecule has 0 saturated heterocycles. The first-order chi connectivity index (χ1) is 8.66. The van der Waals surface area contributed by atoms with Crippen LogP contribution in [0.2, 0.25) is 0 Å². The van der Waals surface area contributed by atoms with Gasteiger partial charge in [0.1, 0.15) is 5.69 Å². The van der Waals surface area contributed by atoms with Crippen LogP contribution in [0.5, 0.6) is 0 Å². The predicted molar refractivity (Wildman–Crippen MR) is 68.7 cm³/mol. The number of hydrogen-bond acceptors (Lipinski definition) is 5. The van der Waals surface area contributed by atoms with Crippen LogP contribution >= 0.6 is 0 Å². The lowest BCUT2D eigenvalue weighted by molar-refractivity contribution is 0.547. The largest absolute Gasteiger partial charge is 0.311 e. The molecule has 0 aliphatic rings. The number of H-pyrrole nitrogens is 1. The lowest BCUT2D eigenvalue weighted by atomic mass is 10.2. The van der Waals surface area contributed by atoms with E-state index in [1.807, 2.05) is 13.1 Å². The molecule has 2 rings (SSSR count). The third-order valence-corrected chi connectivity index (χ3v) is 2.57. The van der Waals surface area contributed by atoms with Crippen molar-refractivity contribution in [2.45, 2.75) is 27.3 Å². The molecule has 0 radical (unpaired) electrons. The Morgan fingerprint density at radius 2 is 2.17 bits per heavy atom. The number of rotatable bonds is 5. The first-order valence-corrected chi connectivity index (χ1v) is 6.06. The van der Waals surface area contributed by atoms with E-state index in [-0.39, 0.29) is 0 Å². The van der Waals surface area contributed by atoms with Gasteiger partial charge in [0.2, 0.25) is 0 Å². The summed E-state index contributed by atoms with van der Waals surface area (Å²) in [6.07, 6.45) is 3.44. The Kier molecular flexibility index (Phi) is 3.99. The Morgan fingerprint density at radius 3 is 2.83 bits per heavy atom. The molecule has 6 nitrogen and oxygen atoms in total. The molecule has 18 heavy (non-hydrogen) atoms. The smallest absolute Gasteiger partial charge is 0.182 e. The van der Waals surface area contributed by atoms with E-state index in [4.69, 9.17) is 0 Å². The summed E-state index contributed by atoms with van der Waals surface area (Å²) in [5.41, 5.74) is 2.75. The predicted octanol–water partition coefficient (Wildman–Crippen LogP) is 1.32. The highest BCUT2D eigenvalue weighted by Gasteiger charge is 2.08. The van der Waals surface area contributed by atoms with Crippen LogP contribution in [0.3, 0.4) is 0 Å². The van der Waals surface area contributed by atoms with Crippen molar-refractivity contribution in [2.75, 3.05) is 6.54 Å². The summed E-state index contributed by atoms with van der Waals surface area (Å²) < 4.78 is 0. The highest BCUT2D eigenvalue weighted by atomic mass is 15.3. The lowest BCUT2D eigenvalue weighted by Gasteiger charge is -2.09. The van der Waals surface area contributed by atoms with Crippen LogP contribution in [0.25, 0.3) is 11.5 Å². The summed E-state index contributed by atoms with van der Waals surface area (Å²) in [5.74, 6) is 1.23. The molecule has 2 aromatic heterocycles. The third kappa shape index (κ3) is 3.10. The second-order valence-electron chi connectivity index (χ2n) is 4.70. The minimum atomic E-state index is 0.607. The molecule has 2 aromatic rings. The molecule has 96 valence electrons. The quantitative estimate of drug-likeness (QED) is 0.831. The Morgan fingerprint density at radius 1 is 1.33 bits per heavy atom. The zero-order valence-corrected chi connectivity index (χ0v) is 10.9. The van der Waals surface area contributed by atoms with Gasteiger partial charge in [-0.3, -0.25) is 0 Å². The van der Waals surface area contributed by atoms with Gasteiger partial charge in [-0.05, 0) is 24.9 Å². The number of aromatic nitrogens is 5. The van der Waals surface area contributed by atoms with E-state index in [1.54, 1.807) is 6.20 Å². The van der Waals surface area contributed by atoms with Crippen molar-refractivity contribution < 1.29 is 0 Å². The summed E-state index contributed by atoms with van der Waals surface area (Å²) >= 11 is 0. The van der Waals surface area contributed by atoms with Gasteiger partial charge in [0, 0.05) is 12.7 Å². The molecule has 0 aliphatic carbocycles. The van der Waals surface area contributed by atoms with Crippen LogP contribution in [0.4, 0.5) is 0 Å². The van der Waals surface area contributed by atoms with Crippen LogP contribution < -0.4 is 5.32 Å². The van der Waals surface area contributed by atoms with Gasteiger partial charge in [0.25, 0.3) is 0 Å². The summed E-state index contributed by atoms with van der Waals surface area (Å²) in [6, 6.07) is 0. The van der Waals surface area contributed by atoms with Gasteiger partial charge in [-0.2, -0.15) is 15.4 Å². The van der Waals surface area contributed by atoms with Crippen molar-refractivity contribution in [3.63, 3.8) is 0 Å². The molecule has 0 bridgehead atoms. The maximum Gasteiger partial charge on any atom is 0.182 e. The van der Waals surface area contributed by atoms with E-state index in [2.05, 4.69) is 44.5 Å². The van der Waals surface area contributed by atoms with E-state index in [1.165, 1.54) is 0 Å². The highest BCUT2D eigenvalue weighted by Crippen LogP contribution is 2.12. The van der Waals surface area contributed by atoms with Crippen LogP contribution in [0.15, 0.2) is 12.4 Å². The molecule has 0 aromatic carbocycles. The van der Waals surface area contributed by atoms with Gasteiger partial charge >= 0.3 is 0 Å². The summed E-state index contributed by atoms with van der Waals surface area (Å²) in [4.78, 5) is 8.78. The van der Waals surface area contributed by atoms with Gasteiger partial charge in [0.05, 0.1) is 11.9 Å². The van der Waals surface area contributed by atoms with E-state index in [0.717, 1.165) is 24.3 Å². The fourth-order valence-electron chi connectivity index (χ4n) is 1.57. The average molecular weight is 246 g/mol. The maximum absolute atomic E-state index is 4.52. The molecular formula is C12H18N6. The fraction of sp³-hybridized carbons (Fsp3) is 0.500. The van der Waals surface area contributed by atoms with E-state index >= 15 is 0 Å². The second-order valence-corrected chi connectivity index (χ2v) is 4.70. The first-order valence-electron chi connectivity index (χ1n) is 6.06. The number of nitrogens with zero attached hydrogens (tertiary/aromatic N) is 4. The SMILES string of the molecule is Cc1cnc(-c2cn[nH]n2)nc1CNCC(C)C. The third-order valence-electron chi connectivity index (χ3n) is 2.57. The minimum Gasteiger partial charge on any atom is -0.311 e. The first kappa shape index (κ1) is 12.6. The zero-order valence-electron chi connectivity index (χ0n) is 10.9. The molecule has 0 atom stereocenters. The van der Waals surface area contributed by atoms with Gasteiger partial charge in [0.15, 0.2) is 5.82 Å². The molecular weight excluding hydrogens is 228 g/mol. The molecule has 0 spiro atoms. The molecule has 2 heterocycles. The van der Waals surface area contributed by atoms with Crippen LogP contribution in [-0.4, -0.2) is 31.9 Å². The number of hydrogen-bond donors (Lipinski definition) is 2. The van der Waals surface area contributed by atoms with Crippen molar-refractivity contribution in [3.8, 4) is 11.5 Å². The number of aromatic amines is 1. The normalized spacial score (nSPS) is 11.1. The molecule has 0 fully saturated rings. The highest BCUT2D eigenvalue weighted by molar-refractivity contribution is 5.46. The topological polar surface area (TPSA) is 79.4 Å². The van der Waals surface area contributed by atoms with Gasteiger partial charge in [-0.1, -0.05) is 13.8 Å². The molecule has 0 saturated carbocycles. The van der Waals surface area contributed by atoms with Gasteiger partial charge in [-0.25, -0.2) is 9.97 Å². The van der Waals surface area contributed by atoms with Crippen LogP contribution in [0, 0.1) is 12.8 Å². The molecule has 0 aliphatic heterocycles. The Labute approximate surface area is 106 Å². The zero-order chi connectivity index (χ0) is 13.0. The van der Waals surface area contributed by atoms with Crippen molar-refractivity contribution in [1.29, 1.82) is 0 Å². The van der Waals surface area contributed by atoms with Crippen molar-refractivity contribution in [1.82, 2.24) is 30.7 Å². The maximum atomic E-state index is 4.52. The van der Waals surface area contributed by atoms with Crippen LogP contribution in [0.1, 0.15) is 25.1 Å². The van der Waals surface area contributed by atoms with Crippen molar-refractivity contribution in [2.24, 2.45) is 5.92 Å². The van der Waals surface area contributed by atoms with Crippen molar-refractivity contribution >= 4 is 0 Å². The number of nitrogens with one attached hydrogen (secondary N) is 2. The average Bonchev–Trinajstić information content (AvgIpc) is 2.84. The van der Waals surface area contributed by atoms with Crippen molar-refractivity contribution in [3.05, 3.63) is 23.7 Å². The van der Waals surface area contributed by atoms with Gasteiger partial charge < -0.3 is 5.32 Å². The summed E-state index contributed by atoms with van der Waals surface area (Å²) in [7, 11) is 0. The van der Waals surface area contributed by atoms with E-state index in [9.17, 15) is 0 Å². The monoisotopic (exact) mass is 246 g/mol. The fourth-order valence-corrected chi connectivity index (χ4v) is 1.57. The molecule has 0 amide bonds. The Hall–Kier alpha value is -1.82. The Balaban J connectivity index is 2.12. The summed E-state index contributed by atoms with van der Waals surface area (Å²) in [5, 5.41) is 13.7. The molecule has 6 heteroatoms. The van der Waals surface area contributed by atoms with E-state index < -0.39 is 0 Å². The molecule has 0 unspecified atom stereocenters. The van der Waals surface area contributed by atoms with Crippen LogP contribution in [-0.2, 0) is 6.54 Å². The van der Waals surface area contributed by atoms with Gasteiger partial charge in [-0.15, -0.1) is 0 Å². The molecule has 2 N–H and O–H groups in total. The lowest BCUT2D eigenvalue weighted by Crippen LogP contribution is -2.20. The minimum absolute atomic E-state index is 0.607. The standard InChI is InChI=1S/C12H18N6/c1-8(2)4-13-6-10-9(3)5-14-12(16-10)11-7-15-18-17-11/h5,7-8,13H,4,6H2,1-3H3,(H,15,17,18). The summed E-state index contributed by atoms with van der Waals surface area (Å²) in [6.45, 7) is 8.10. The second kappa shape index (κ2) is 5.68. The van der Waals surface area contributed by atoms with E-state index in [0.29, 0.717) is 17.4 Å². The Bertz CT molecular complexity index is 491.